The van der Waals surface area contributed by atoms with E-state index in [9.17, 15) is 14.0 Å². The van der Waals surface area contributed by atoms with Crippen LogP contribution >= 0.6 is 0 Å². The molecule has 0 saturated carbocycles. The molecule has 0 aliphatic carbocycles. The number of piperidine rings is 1. The van der Waals surface area contributed by atoms with Gasteiger partial charge < -0.3 is 10.2 Å². The van der Waals surface area contributed by atoms with E-state index in [1.807, 2.05) is 4.90 Å². The third-order valence-electron chi connectivity index (χ3n) is 4.65. The molecule has 0 radical (unpaired) electrons. The fourth-order valence-corrected chi connectivity index (χ4v) is 3.12. The second-order valence-electron chi connectivity index (χ2n) is 6.56. The quantitative estimate of drug-likeness (QED) is 0.894. The minimum absolute atomic E-state index is 0.0352. The van der Waals surface area contributed by atoms with E-state index in [4.69, 9.17) is 0 Å². The van der Waals surface area contributed by atoms with Crippen molar-refractivity contribution in [3.63, 3.8) is 0 Å². The average Bonchev–Trinajstić information content (AvgIpc) is 2.69. The molecule has 1 heterocycles. The van der Waals surface area contributed by atoms with Crippen LogP contribution in [0.4, 0.5) is 4.39 Å². The molecule has 0 spiro atoms. The van der Waals surface area contributed by atoms with Crippen LogP contribution in [0.2, 0.25) is 0 Å². The highest BCUT2D eigenvalue weighted by Crippen LogP contribution is 2.14. The first-order valence-electron chi connectivity index (χ1n) is 9.05. The number of halogens is 1. The molecule has 3 rings (SSSR count). The zero-order valence-electron chi connectivity index (χ0n) is 14.7. The van der Waals surface area contributed by atoms with E-state index in [1.165, 1.54) is 18.6 Å². The van der Waals surface area contributed by atoms with Crippen LogP contribution in [0.15, 0.2) is 48.5 Å². The lowest BCUT2D eigenvalue weighted by Crippen LogP contribution is -2.35. The summed E-state index contributed by atoms with van der Waals surface area (Å²) >= 11 is 0. The summed E-state index contributed by atoms with van der Waals surface area (Å²) in [6, 6.07) is 13.0. The number of nitrogens with zero attached hydrogens (tertiary/aromatic N) is 1. The largest absolute Gasteiger partial charge is 0.352 e. The Morgan fingerprint density at radius 2 is 1.50 bits per heavy atom. The summed E-state index contributed by atoms with van der Waals surface area (Å²) in [4.78, 5) is 26.5. The summed E-state index contributed by atoms with van der Waals surface area (Å²) in [5.74, 6) is -0.408. The van der Waals surface area contributed by atoms with Crippen molar-refractivity contribution in [2.45, 2.75) is 25.7 Å². The van der Waals surface area contributed by atoms with Gasteiger partial charge in [0.25, 0.3) is 11.8 Å². The average molecular weight is 354 g/mol. The van der Waals surface area contributed by atoms with Crippen molar-refractivity contribution >= 4 is 11.8 Å². The van der Waals surface area contributed by atoms with Crippen LogP contribution in [0.5, 0.6) is 0 Å². The molecule has 2 aromatic rings. The Balaban J connectivity index is 1.51. The van der Waals surface area contributed by atoms with Gasteiger partial charge in [-0.25, -0.2) is 4.39 Å². The molecule has 1 aliphatic heterocycles. The van der Waals surface area contributed by atoms with Gasteiger partial charge >= 0.3 is 0 Å². The van der Waals surface area contributed by atoms with Gasteiger partial charge in [-0.2, -0.15) is 0 Å². The van der Waals surface area contributed by atoms with E-state index in [0.717, 1.165) is 31.5 Å². The Kier molecular flexibility index (Phi) is 6.00. The van der Waals surface area contributed by atoms with Crippen molar-refractivity contribution in [2.75, 3.05) is 19.6 Å². The molecule has 1 fully saturated rings. The maximum absolute atomic E-state index is 12.9. The fourth-order valence-electron chi connectivity index (χ4n) is 3.12. The van der Waals surface area contributed by atoms with Crippen molar-refractivity contribution in [2.24, 2.45) is 0 Å². The van der Waals surface area contributed by atoms with Crippen LogP contribution in [0.25, 0.3) is 0 Å². The first-order valence-corrected chi connectivity index (χ1v) is 9.05. The summed E-state index contributed by atoms with van der Waals surface area (Å²) < 4.78 is 12.9. The van der Waals surface area contributed by atoms with Crippen molar-refractivity contribution in [1.82, 2.24) is 10.2 Å². The van der Waals surface area contributed by atoms with Crippen LogP contribution in [0, 0.1) is 5.82 Å². The maximum Gasteiger partial charge on any atom is 0.253 e. The molecule has 2 aromatic carbocycles. The Morgan fingerprint density at radius 1 is 0.885 bits per heavy atom. The number of benzene rings is 2. The van der Waals surface area contributed by atoms with Crippen molar-refractivity contribution in [3.05, 3.63) is 71.0 Å². The van der Waals surface area contributed by atoms with Crippen molar-refractivity contribution < 1.29 is 14.0 Å². The molecule has 2 amide bonds. The molecule has 0 atom stereocenters. The van der Waals surface area contributed by atoms with Crippen molar-refractivity contribution in [3.8, 4) is 0 Å². The predicted octanol–water partition coefficient (Wildman–Crippen LogP) is 3.42. The van der Waals surface area contributed by atoms with Gasteiger partial charge in [-0.1, -0.05) is 12.1 Å². The molecule has 136 valence electrons. The summed E-state index contributed by atoms with van der Waals surface area (Å²) in [5.41, 5.74) is 2.11. The lowest BCUT2D eigenvalue weighted by molar-refractivity contribution is 0.0723. The number of amides is 2. The third-order valence-corrected chi connectivity index (χ3v) is 4.65. The molecule has 1 saturated heterocycles. The number of rotatable bonds is 5. The van der Waals surface area contributed by atoms with Crippen LogP contribution in [0.3, 0.4) is 0 Å². The van der Waals surface area contributed by atoms with Crippen LogP contribution in [0.1, 0.15) is 45.5 Å². The number of nitrogens with one attached hydrogen (secondary N) is 1. The summed E-state index contributed by atoms with van der Waals surface area (Å²) in [6.07, 6.45) is 3.93. The SMILES string of the molecule is O=C(NCCc1ccc(F)cc1)c1ccc(C(=O)N2CCCCC2)cc1. The molecule has 1 aliphatic rings. The van der Waals surface area contributed by atoms with Crippen LogP contribution in [-0.4, -0.2) is 36.3 Å². The number of hydrogen-bond acceptors (Lipinski definition) is 2. The molecule has 26 heavy (non-hydrogen) atoms. The van der Waals surface area contributed by atoms with Gasteiger partial charge in [0.1, 0.15) is 5.82 Å². The predicted molar refractivity (Wildman–Crippen MR) is 98.6 cm³/mol. The third kappa shape index (κ3) is 4.69. The summed E-state index contributed by atoms with van der Waals surface area (Å²) in [7, 11) is 0. The molecular formula is C21H23FN2O2. The van der Waals surface area contributed by atoms with Gasteiger partial charge in [0, 0.05) is 30.8 Å². The molecular weight excluding hydrogens is 331 g/mol. The lowest BCUT2D eigenvalue weighted by atomic mass is 10.1. The highest BCUT2D eigenvalue weighted by Gasteiger charge is 2.18. The lowest BCUT2D eigenvalue weighted by Gasteiger charge is -2.26. The maximum atomic E-state index is 12.9. The molecule has 0 unspecified atom stereocenters. The summed E-state index contributed by atoms with van der Waals surface area (Å²) in [5, 5.41) is 2.85. The van der Waals surface area contributed by atoms with Gasteiger partial charge in [-0.05, 0) is 67.6 Å². The van der Waals surface area contributed by atoms with E-state index in [2.05, 4.69) is 5.32 Å². The van der Waals surface area contributed by atoms with E-state index >= 15 is 0 Å². The minimum atomic E-state index is -0.267. The number of hydrogen-bond donors (Lipinski definition) is 1. The minimum Gasteiger partial charge on any atom is -0.352 e. The second-order valence-corrected chi connectivity index (χ2v) is 6.56. The Morgan fingerprint density at radius 3 is 2.15 bits per heavy atom. The van der Waals surface area contributed by atoms with Gasteiger partial charge in [0.2, 0.25) is 0 Å². The molecule has 0 aromatic heterocycles. The number of carbonyl (C=O) groups is 2. The van der Waals surface area contributed by atoms with E-state index in [0.29, 0.717) is 24.1 Å². The molecule has 0 bridgehead atoms. The number of likely N-dealkylation sites (tertiary alicyclic amines) is 1. The van der Waals surface area contributed by atoms with Crippen LogP contribution < -0.4 is 5.32 Å². The van der Waals surface area contributed by atoms with E-state index in [-0.39, 0.29) is 17.6 Å². The first kappa shape index (κ1) is 18.1. The fraction of sp³-hybridized carbons (Fsp3) is 0.333. The zero-order valence-corrected chi connectivity index (χ0v) is 14.7. The van der Waals surface area contributed by atoms with Gasteiger partial charge in [-0.3, -0.25) is 9.59 Å². The summed E-state index contributed by atoms with van der Waals surface area (Å²) in [6.45, 7) is 2.09. The molecule has 4 nitrogen and oxygen atoms in total. The molecule has 5 heteroatoms. The van der Waals surface area contributed by atoms with Gasteiger partial charge in [0.15, 0.2) is 0 Å². The van der Waals surface area contributed by atoms with Gasteiger partial charge in [-0.15, -0.1) is 0 Å². The van der Waals surface area contributed by atoms with E-state index < -0.39 is 0 Å². The second kappa shape index (κ2) is 8.61. The van der Waals surface area contributed by atoms with Crippen molar-refractivity contribution in [1.29, 1.82) is 0 Å². The van der Waals surface area contributed by atoms with Gasteiger partial charge in [0.05, 0.1) is 0 Å². The highest BCUT2D eigenvalue weighted by atomic mass is 19.1. The zero-order chi connectivity index (χ0) is 18.4. The molecule has 1 N–H and O–H groups in total. The Labute approximate surface area is 153 Å². The normalized spacial score (nSPS) is 14.1. The van der Waals surface area contributed by atoms with E-state index in [1.54, 1.807) is 36.4 Å². The highest BCUT2D eigenvalue weighted by molar-refractivity contribution is 5.97. The smallest absolute Gasteiger partial charge is 0.253 e. The monoisotopic (exact) mass is 354 g/mol. The first-order chi connectivity index (χ1) is 12.6. The number of carbonyl (C=O) groups excluding carboxylic acids is 2. The van der Waals surface area contributed by atoms with Crippen LogP contribution in [-0.2, 0) is 6.42 Å². The topological polar surface area (TPSA) is 49.4 Å². The Hall–Kier alpha value is -2.69. The Bertz CT molecular complexity index is 751. The standard InChI is InChI=1S/C21H23FN2O2/c22-19-10-4-16(5-11-19)12-13-23-20(25)17-6-8-18(9-7-17)21(26)24-14-2-1-3-15-24/h4-11H,1-3,12-15H2,(H,23,25).